The molecule has 1 amide bonds. The predicted molar refractivity (Wildman–Crippen MR) is 116 cm³/mol. The summed E-state index contributed by atoms with van der Waals surface area (Å²) < 4.78 is 26.6. The molecule has 0 spiro atoms. The molecule has 0 aliphatic carbocycles. The van der Waals surface area contributed by atoms with E-state index in [9.17, 15) is 13.6 Å². The molecule has 3 aromatic rings. The standard InChI is InChI=1S/C24H24F2N4O/c1-15-12-17(3)19(13-16(15)2)22-6-7-23(28-27-22)29-8-10-30(11-9-29)24(31)18-4-5-20(25)21(26)14-18/h4-7,12-14H,8-11H2,1-3H3. The lowest BCUT2D eigenvalue weighted by Gasteiger charge is -2.35. The number of carbonyl (C=O) groups is 1. The Morgan fingerprint density at radius 1 is 0.806 bits per heavy atom. The van der Waals surface area contributed by atoms with E-state index >= 15 is 0 Å². The smallest absolute Gasteiger partial charge is 0.254 e. The molecule has 31 heavy (non-hydrogen) atoms. The fraction of sp³-hybridized carbons (Fsp3) is 0.292. The van der Waals surface area contributed by atoms with Gasteiger partial charge < -0.3 is 9.80 Å². The number of piperazine rings is 1. The zero-order valence-corrected chi connectivity index (χ0v) is 17.8. The minimum absolute atomic E-state index is 0.153. The van der Waals surface area contributed by atoms with Gasteiger partial charge in [0, 0.05) is 37.3 Å². The number of anilines is 1. The fourth-order valence-electron chi connectivity index (χ4n) is 3.82. The minimum Gasteiger partial charge on any atom is -0.352 e. The van der Waals surface area contributed by atoms with Crippen LogP contribution in [0.1, 0.15) is 27.0 Å². The molecule has 2 heterocycles. The number of rotatable bonds is 3. The molecule has 0 radical (unpaired) electrons. The maximum absolute atomic E-state index is 13.4. The third kappa shape index (κ3) is 4.26. The molecule has 1 fully saturated rings. The van der Waals surface area contributed by atoms with Crippen molar-refractivity contribution in [3.63, 3.8) is 0 Å². The van der Waals surface area contributed by atoms with E-state index in [1.165, 1.54) is 17.2 Å². The molecule has 160 valence electrons. The van der Waals surface area contributed by atoms with Gasteiger partial charge in [-0.2, -0.15) is 0 Å². The Labute approximate surface area is 180 Å². The summed E-state index contributed by atoms with van der Waals surface area (Å²) in [5.41, 5.74) is 5.69. The normalized spacial score (nSPS) is 14.1. The van der Waals surface area contributed by atoms with Crippen molar-refractivity contribution in [2.45, 2.75) is 20.8 Å². The molecule has 0 atom stereocenters. The van der Waals surface area contributed by atoms with Crippen LogP contribution in [0.2, 0.25) is 0 Å². The third-order valence-electron chi connectivity index (χ3n) is 5.82. The summed E-state index contributed by atoms with van der Waals surface area (Å²) >= 11 is 0. The number of halogens is 2. The molecule has 0 bridgehead atoms. The SMILES string of the molecule is Cc1cc(C)c(-c2ccc(N3CCN(C(=O)c4ccc(F)c(F)c4)CC3)nn2)cc1C. The molecule has 5 nitrogen and oxygen atoms in total. The van der Waals surface area contributed by atoms with Gasteiger partial charge in [-0.15, -0.1) is 10.2 Å². The number of carbonyl (C=O) groups excluding carboxylic acids is 1. The van der Waals surface area contributed by atoms with Crippen LogP contribution in [-0.4, -0.2) is 47.2 Å². The number of benzene rings is 2. The number of aromatic nitrogens is 2. The first-order chi connectivity index (χ1) is 14.8. The van der Waals surface area contributed by atoms with E-state index < -0.39 is 11.6 Å². The predicted octanol–water partition coefficient (Wildman–Crippen LogP) is 4.31. The van der Waals surface area contributed by atoms with Crippen molar-refractivity contribution >= 4 is 11.7 Å². The number of amides is 1. The fourth-order valence-corrected chi connectivity index (χ4v) is 3.82. The highest BCUT2D eigenvalue weighted by molar-refractivity contribution is 5.94. The van der Waals surface area contributed by atoms with Crippen LogP contribution < -0.4 is 4.90 Å². The molecular weight excluding hydrogens is 398 g/mol. The zero-order chi connectivity index (χ0) is 22.1. The summed E-state index contributed by atoms with van der Waals surface area (Å²) in [5, 5.41) is 8.83. The molecule has 7 heteroatoms. The van der Waals surface area contributed by atoms with Crippen LogP contribution in [0.4, 0.5) is 14.6 Å². The summed E-state index contributed by atoms with van der Waals surface area (Å²) in [6.45, 7) is 8.37. The third-order valence-corrected chi connectivity index (χ3v) is 5.82. The maximum atomic E-state index is 13.4. The minimum atomic E-state index is -1.01. The first kappa shape index (κ1) is 20.9. The van der Waals surface area contributed by atoms with E-state index in [1.54, 1.807) is 4.90 Å². The number of aryl methyl sites for hydroxylation is 3. The molecule has 4 rings (SSSR count). The second kappa shape index (κ2) is 8.41. The van der Waals surface area contributed by atoms with Gasteiger partial charge in [0.15, 0.2) is 17.5 Å². The molecule has 0 N–H and O–H groups in total. The van der Waals surface area contributed by atoms with Crippen LogP contribution >= 0.6 is 0 Å². The lowest BCUT2D eigenvalue weighted by molar-refractivity contribution is 0.0746. The summed E-state index contributed by atoms with van der Waals surface area (Å²) in [6.07, 6.45) is 0. The van der Waals surface area contributed by atoms with Crippen LogP contribution in [0.25, 0.3) is 11.3 Å². The Hall–Kier alpha value is -3.35. The van der Waals surface area contributed by atoms with Crippen molar-refractivity contribution in [3.05, 3.63) is 76.4 Å². The Morgan fingerprint density at radius 3 is 2.16 bits per heavy atom. The summed E-state index contributed by atoms with van der Waals surface area (Å²) in [6, 6.07) is 11.4. The second-order valence-electron chi connectivity index (χ2n) is 7.94. The zero-order valence-electron chi connectivity index (χ0n) is 17.8. The van der Waals surface area contributed by atoms with E-state index in [0.717, 1.165) is 34.8 Å². The maximum Gasteiger partial charge on any atom is 0.254 e. The molecule has 1 aromatic heterocycles. The van der Waals surface area contributed by atoms with Crippen molar-refractivity contribution in [1.82, 2.24) is 15.1 Å². The van der Waals surface area contributed by atoms with Gasteiger partial charge in [-0.3, -0.25) is 4.79 Å². The van der Waals surface area contributed by atoms with Gasteiger partial charge in [0.05, 0.1) is 5.69 Å². The lowest BCUT2D eigenvalue weighted by Crippen LogP contribution is -2.49. The van der Waals surface area contributed by atoms with E-state index in [1.807, 2.05) is 12.1 Å². The summed E-state index contributed by atoms with van der Waals surface area (Å²) in [4.78, 5) is 16.3. The van der Waals surface area contributed by atoms with Gasteiger partial charge in [-0.25, -0.2) is 8.78 Å². The number of nitrogens with zero attached hydrogens (tertiary/aromatic N) is 4. The molecule has 1 aliphatic heterocycles. The quantitative estimate of drug-likeness (QED) is 0.631. The average Bonchev–Trinajstić information content (AvgIpc) is 2.78. The molecular formula is C24H24F2N4O. The van der Waals surface area contributed by atoms with Crippen LogP contribution in [0.15, 0.2) is 42.5 Å². The second-order valence-corrected chi connectivity index (χ2v) is 7.94. The van der Waals surface area contributed by atoms with Crippen molar-refractivity contribution in [2.75, 3.05) is 31.1 Å². The Kier molecular flexibility index (Phi) is 5.67. The summed E-state index contributed by atoms with van der Waals surface area (Å²) in [5.74, 6) is -1.52. The lowest BCUT2D eigenvalue weighted by atomic mass is 9.99. The van der Waals surface area contributed by atoms with Gasteiger partial charge in [0.2, 0.25) is 0 Å². The van der Waals surface area contributed by atoms with Crippen molar-refractivity contribution in [2.24, 2.45) is 0 Å². The summed E-state index contributed by atoms with van der Waals surface area (Å²) in [7, 11) is 0. The Morgan fingerprint density at radius 2 is 1.52 bits per heavy atom. The van der Waals surface area contributed by atoms with E-state index in [4.69, 9.17) is 0 Å². The van der Waals surface area contributed by atoms with Gasteiger partial charge in [0.25, 0.3) is 5.91 Å². The van der Waals surface area contributed by atoms with Crippen molar-refractivity contribution < 1.29 is 13.6 Å². The van der Waals surface area contributed by atoms with Gasteiger partial charge in [-0.1, -0.05) is 6.07 Å². The van der Waals surface area contributed by atoms with Crippen molar-refractivity contribution in [1.29, 1.82) is 0 Å². The number of hydrogen-bond donors (Lipinski definition) is 0. The molecule has 1 saturated heterocycles. The highest BCUT2D eigenvalue weighted by Crippen LogP contribution is 2.26. The largest absolute Gasteiger partial charge is 0.352 e. The van der Waals surface area contributed by atoms with Crippen LogP contribution in [0, 0.1) is 32.4 Å². The monoisotopic (exact) mass is 422 g/mol. The van der Waals surface area contributed by atoms with Crippen LogP contribution in [0.5, 0.6) is 0 Å². The van der Waals surface area contributed by atoms with E-state index in [0.29, 0.717) is 26.2 Å². The first-order valence-corrected chi connectivity index (χ1v) is 10.2. The van der Waals surface area contributed by atoms with Crippen LogP contribution in [0.3, 0.4) is 0 Å². The topological polar surface area (TPSA) is 49.3 Å². The first-order valence-electron chi connectivity index (χ1n) is 10.2. The Balaban J connectivity index is 1.43. The van der Waals surface area contributed by atoms with Gasteiger partial charge in [0.1, 0.15) is 0 Å². The molecule has 0 unspecified atom stereocenters. The average molecular weight is 422 g/mol. The van der Waals surface area contributed by atoms with E-state index in [-0.39, 0.29) is 11.5 Å². The van der Waals surface area contributed by atoms with Crippen LogP contribution in [-0.2, 0) is 0 Å². The Bertz CT molecular complexity index is 1120. The highest BCUT2D eigenvalue weighted by atomic mass is 19.2. The van der Waals surface area contributed by atoms with Gasteiger partial charge >= 0.3 is 0 Å². The molecule has 2 aromatic carbocycles. The van der Waals surface area contributed by atoms with E-state index in [2.05, 4.69) is 48.0 Å². The highest BCUT2D eigenvalue weighted by Gasteiger charge is 2.24. The van der Waals surface area contributed by atoms with Gasteiger partial charge in [-0.05, 0) is 73.9 Å². The van der Waals surface area contributed by atoms with Crippen molar-refractivity contribution in [3.8, 4) is 11.3 Å². The number of hydrogen-bond acceptors (Lipinski definition) is 4. The molecule has 1 aliphatic rings. The molecule has 0 saturated carbocycles.